The lowest BCUT2D eigenvalue weighted by Crippen LogP contribution is -2.30. The van der Waals surface area contributed by atoms with Crippen LogP contribution in [0.15, 0.2) is 41.3 Å². The van der Waals surface area contributed by atoms with Gasteiger partial charge in [0.15, 0.2) is 0 Å². The van der Waals surface area contributed by atoms with Crippen LogP contribution >= 0.6 is 0 Å². The van der Waals surface area contributed by atoms with Gasteiger partial charge in [0.05, 0.1) is 12.7 Å². The van der Waals surface area contributed by atoms with Crippen molar-refractivity contribution in [1.82, 2.24) is 9.55 Å². The lowest BCUT2D eigenvalue weighted by Gasteiger charge is -2.16. The normalized spacial score (nSPS) is 19.6. The van der Waals surface area contributed by atoms with Crippen LogP contribution < -0.4 is 16.3 Å². The molecule has 0 spiro atoms. The average molecular weight is 344 g/mol. The number of aromatic nitrogens is 2. The second-order valence-electron chi connectivity index (χ2n) is 5.88. The van der Waals surface area contributed by atoms with Gasteiger partial charge in [-0.1, -0.05) is 18.2 Å². The average Bonchev–Trinajstić information content (AvgIpc) is 3.07. The highest BCUT2D eigenvalue weighted by Crippen LogP contribution is 2.27. The fourth-order valence-electron chi connectivity index (χ4n) is 2.72. The van der Waals surface area contributed by atoms with E-state index in [-0.39, 0.29) is 18.5 Å². The first-order valence-electron chi connectivity index (χ1n) is 8.06. The number of aliphatic hydroxyl groups excluding tert-OH is 1. The number of para-hydroxylation sites is 1. The third kappa shape index (κ3) is 4.04. The lowest BCUT2D eigenvalue weighted by atomic mass is 10.2. The minimum atomic E-state index is -0.510. The Bertz CT molecular complexity index is 806. The van der Waals surface area contributed by atoms with Gasteiger partial charge in [0, 0.05) is 17.4 Å². The number of benzene rings is 1. The fraction of sp³-hybridized carbons (Fsp3) is 0.353. The number of carbonyl (C=O) groups is 1. The molecule has 0 unspecified atom stereocenters. The van der Waals surface area contributed by atoms with Gasteiger partial charge in [0.25, 0.3) is 0 Å². The van der Waals surface area contributed by atoms with Crippen molar-refractivity contribution in [2.45, 2.75) is 32.1 Å². The largest absolute Gasteiger partial charge is 0.394 e. The minimum absolute atomic E-state index is 0.0725. The summed E-state index contributed by atoms with van der Waals surface area (Å²) >= 11 is 0. The highest BCUT2D eigenvalue weighted by molar-refractivity contribution is 5.99. The topological polar surface area (TPSA) is 105 Å². The number of anilines is 2. The van der Waals surface area contributed by atoms with Crippen molar-refractivity contribution in [2.75, 3.05) is 17.2 Å². The van der Waals surface area contributed by atoms with Crippen LogP contribution in [0.2, 0.25) is 0 Å². The van der Waals surface area contributed by atoms with Crippen LogP contribution in [0.4, 0.5) is 16.3 Å². The number of hydrogen-bond acceptors (Lipinski definition) is 5. The Morgan fingerprint density at radius 3 is 2.76 bits per heavy atom. The molecule has 2 heterocycles. The number of nitrogens with zero attached hydrogens (tertiary/aromatic N) is 2. The van der Waals surface area contributed by atoms with Crippen molar-refractivity contribution in [2.24, 2.45) is 0 Å². The van der Waals surface area contributed by atoms with Crippen LogP contribution in [0.5, 0.6) is 0 Å². The molecule has 1 aliphatic heterocycles. The third-order valence-electron chi connectivity index (χ3n) is 4.00. The van der Waals surface area contributed by atoms with Crippen LogP contribution in [0.3, 0.4) is 0 Å². The molecule has 3 rings (SSSR count). The van der Waals surface area contributed by atoms with E-state index in [4.69, 9.17) is 9.84 Å². The molecule has 8 nitrogen and oxygen atoms in total. The first-order valence-corrected chi connectivity index (χ1v) is 8.06. The summed E-state index contributed by atoms with van der Waals surface area (Å²) in [6.07, 6.45) is 2.23. The van der Waals surface area contributed by atoms with Crippen molar-refractivity contribution < 1.29 is 14.6 Å². The maximum absolute atomic E-state index is 12.3. The monoisotopic (exact) mass is 344 g/mol. The van der Waals surface area contributed by atoms with Crippen LogP contribution in [0.25, 0.3) is 0 Å². The number of nitrogens with one attached hydrogen (secondary N) is 2. The Kier molecular flexibility index (Phi) is 5.11. The zero-order chi connectivity index (χ0) is 17.8. The van der Waals surface area contributed by atoms with E-state index in [1.807, 2.05) is 18.2 Å². The molecule has 1 aromatic carbocycles. The van der Waals surface area contributed by atoms with E-state index in [1.54, 1.807) is 25.3 Å². The predicted octanol–water partition coefficient (Wildman–Crippen LogP) is 1.87. The number of carbonyl (C=O) groups excluding carboxylic acids is 1. The molecular weight excluding hydrogens is 324 g/mol. The number of ether oxygens (including phenoxy) is 1. The smallest absolute Gasteiger partial charge is 0.351 e. The van der Waals surface area contributed by atoms with Crippen LogP contribution in [-0.4, -0.2) is 33.4 Å². The molecule has 0 bridgehead atoms. The zero-order valence-corrected chi connectivity index (χ0v) is 13.8. The Balaban J connectivity index is 1.72. The van der Waals surface area contributed by atoms with Crippen LogP contribution in [-0.2, 0) is 4.74 Å². The molecule has 2 amide bonds. The molecule has 1 aromatic heterocycles. The van der Waals surface area contributed by atoms with Crippen molar-refractivity contribution in [3.8, 4) is 0 Å². The summed E-state index contributed by atoms with van der Waals surface area (Å²) in [6.45, 7) is 1.68. The SMILES string of the molecule is Cc1cn([C@H]2CC[C@@H](CO)O2)c(=O)nc1NC(=O)Nc1ccccc1. The van der Waals surface area contributed by atoms with E-state index in [2.05, 4.69) is 15.6 Å². The van der Waals surface area contributed by atoms with E-state index in [0.717, 1.165) is 0 Å². The maximum Gasteiger partial charge on any atom is 0.351 e. The molecule has 3 N–H and O–H groups in total. The van der Waals surface area contributed by atoms with E-state index < -0.39 is 17.9 Å². The van der Waals surface area contributed by atoms with Gasteiger partial charge in [-0.05, 0) is 31.9 Å². The Hall–Kier alpha value is -2.71. The summed E-state index contributed by atoms with van der Waals surface area (Å²) in [5.41, 5.74) is 0.767. The highest BCUT2D eigenvalue weighted by atomic mass is 16.5. The predicted molar refractivity (Wildman–Crippen MR) is 92.5 cm³/mol. The van der Waals surface area contributed by atoms with Crippen molar-refractivity contribution in [3.05, 3.63) is 52.6 Å². The molecule has 0 saturated carbocycles. The van der Waals surface area contributed by atoms with Gasteiger partial charge in [-0.15, -0.1) is 0 Å². The molecule has 1 fully saturated rings. The number of rotatable bonds is 4. The van der Waals surface area contributed by atoms with Gasteiger partial charge < -0.3 is 15.2 Å². The molecule has 8 heteroatoms. The van der Waals surface area contributed by atoms with Crippen LogP contribution in [0, 0.1) is 6.92 Å². The molecule has 2 aromatic rings. The van der Waals surface area contributed by atoms with Gasteiger partial charge in [-0.25, -0.2) is 9.59 Å². The van der Waals surface area contributed by atoms with Gasteiger partial charge in [-0.2, -0.15) is 4.98 Å². The summed E-state index contributed by atoms with van der Waals surface area (Å²) in [6, 6.07) is 8.50. The molecule has 0 radical (unpaired) electrons. The summed E-state index contributed by atoms with van der Waals surface area (Å²) in [5.74, 6) is 0.200. The standard InChI is InChI=1S/C17H20N4O4/c1-11-9-21(14-8-7-13(10-22)25-14)17(24)20-15(11)19-16(23)18-12-5-3-2-4-6-12/h2-6,9,13-14,22H,7-8,10H2,1H3,(H2,18,19,20,23,24)/t13-,14+/m0/s1. The molecule has 0 aliphatic carbocycles. The number of amides is 2. The Labute approximate surface area is 144 Å². The van der Waals surface area contributed by atoms with E-state index in [9.17, 15) is 9.59 Å². The summed E-state index contributed by atoms with van der Waals surface area (Å²) in [4.78, 5) is 28.2. The number of urea groups is 1. The van der Waals surface area contributed by atoms with Crippen molar-refractivity contribution >= 4 is 17.5 Å². The van der Waals surface area contributed by atoms with Crippen molar-refractivity contribution in [1.29, 1.82) is 0 Å². The Morgan fingerprint density at radius 2 is 2.08 bits per heavy atom. The fourth-order valence-corrected chi connectivity index (χ4v) is 2.72. The second kappa shape index (κ2) is 7.45. The number of aliphatic hydroxyl groups is 1. The summed E-state index contributed by atoms with van der Waals surface area (Å²) < 4.78 is 7.00. The molecule has 2 atom stereocenters. The summed E-state index contributed by atoms with van der Waals surface area (Å²) in [5, 5.41) is 14.4. The number of aryl methyl sites for hydroxylation is 1. The van der Waals surface area contributed by atoms with E-state index in [1.165, 1.54) is 4.57 Å². The van der Waals surface area contributed by atoms with E-state index >= 15 is 0 Å². The minimum Gasteiger partial charge on any atom is -0.394 e. The van der Waals surface area contributed by atoms with Crippen molar-refractivity contribution in [3.63, 3.8) is 0 Å². The molecular formula is C17H20N4O4. The molecule has 25 heavy (non-hydrogen) atoms. The lowest BCUT2D eigenvalue weighted by molar-refractivity contribution is -0.0246. The van der Waals surface area contributed by atoms with Crippen LogP contribution in [0.1, 0.15) is 24.6 Å². The van der Waals surface area contributed by atoms with Gasteiger partial charge in [-0.3, -0.25) is 9.88 Å². The Morgan fingerprint density at radius 1 is 1.32 bits per heavy atom. The number of hydrogen-bond donors (Lipinski definition) is 3. The summed E-state index contributed by atoms with van der Waals surface area (Å²) in [7, 11) is 0. The van der Waals surface area contributed by atoms with Gasteiger partial charge in [0.1, 0.15) is 12.0 Å². The zero-order valence-electron chi connectivity index (χ0n) is 13.8. The third-order valence-corrected chi connectivity index (χ3v) is 4.00. The quantitative estimate of drug-likeness (QED) is 0.785. The van der Waals surface area contributed by atoms with E-state index in [0.29, 0.717) is 24.1 Å². The second-order valence-corrected chi connectivity index (χ2v) is 5.88. The maximum atomic E-state index is 12.3. The first kappa shape index (κ1) is 17.1. The van der Waals surface area contributed by atoms with Gasteiger partial charge in [0.2, 0.25) is 0 Å². The highest BCUT2D eigenvalue weighted by Gasteiger charge is 2.27. The molecule has 1 aliphatic rings. The van der Waals surface area contributed by atoms with Gasteiger partial charge >= 0.3 is 11.7 Å². The molecule has 1 saturated heterocycles. The molecule has 132 valence electrons. The first-order chi connectivity index (χ1) is 12.1.